The van der Waals surface area contributed by atoms with Crippen molar-refractivity contribution in [2.24, 2.45) is 5.16 Å². The fourth-order valence-electron chi connectivity index (χ4n) is 1.83. The maximum atomic E-state index is 12.5. The van der Waals surface area contributed by atoms with Crippen molar-refractivity contribution in [1.29, 1.82) is 0 Å². The van der Waals surface area contributed by atoms with Crippen molar-refractivity contribution in [2.75, 3.05) is 7.11 Å². The summed E-state index contributed by atoms with van der Waals surface area (Å²) in [6.07, 6.45) is -4.71. The molecular formula is C15H15F3N4O3. The van der Waals surface area contributed by atoms with E-state index >= 15 is 0 Å². The third-order valence-corrected chi connectivity index (χ3v) is 3.28. The van der Waals surface area contributed by atoms with Crippen LogP contribution in [0.1, 0.15) is 30.1 Å². The molecule has 0 radical (unpaired) electrons. The number of alkyl halides is 3. The minimum Gasteiger partial charge on any atom is -0.399 e. The highest BCUT2D eigenvalue weighted by atomic mass is 19.4. The number of halogens is 3. The predicted octanol–water partition coefficient (Wildman–Crippen LogP) is 2.90. The van der Waals surface area contributed by atoms with E-state index in [2.05, 4.69) is 30.0 Å². The zero-order valence-electron chi connectivity index (χ0n) is 13.6. The van der Waals surface area contributed by atoms with Crippen LogP contribution in [0.25, 0.3) is 11.4 Å². The summed E-state index contributed by atoms with van der Waals surface area (Å²) in [5.74, 6) is -2.00. The molecule has 1 unspecified atom stereocenters. The van der Waals surface area contributed by atoms with Crippen LogP contribution >= 0.6 is 0 Å². The average Bonchev–Trinajstić information content (AvgIpc) is 3.05. The Balaban J connectivity index is 2.10. The predicted molar refractivity (Wildman–Crippen MR) is 81.8 cm³/mol. The number of nitrogens with one attached hydrogen (secondary N) is 1. The molecule has 1 atom stereocenters. The van der Waals surface area contributed by atoms with E-state index in [1.807, 2.05) is 0 Å². The van der Waals surface area contributed by atoms with Gasteiger partial charge in [-0.25, -0.2) is 0 Å². The molecule has 0 spiro atoms. The first-order valence-corrected chi connectivity index (χ1v) is 7.12. The summed E-state index contributed by atoms with van der Waals surface area (Å²) in [6, 6.07) is 5.41. The van der Waals surface area contributed by atoms with Gasteiger partial charge in [-0.05, 0) is 26.0 Å². The van der Waals surface area contributed by atoms with E-state index in [4.69, 9.17) is 0 Å². The molecule has 0 bridgehead atoms. The second-order valence-electron chi connectivity index (χ2n) is 5.11. The van der Waals surface area contributed by atoms with Gasteiger partial charge in [0.1, 0.15) is 7.11 Å². The molecule has 1 N–H and O–H groups in total. The van der Waals surface area contributed by atoms with Gasteiger partial charge in [-0.3, -0.25) is 4.79 Å². The molecule has 0 aliphatic carbocycles. The van der Waals surface area contributed by atoms with Crippen molar-refractivity contribution in [1.82, 2.24) is 15.5 Å². The lowest BCUT2D eigenvalue weighted by molar-refractivity contribution is -0.159. The molecule has 134 valence electrons. The Morgan fingerprint density at radius 1 is 1.32 bits per heavy atom. The quantitative estimate of drug-likeness (QED) is 0.657. The lowest BCUT2D eigenvalue weighted by Gasteiger charge is -2.13. The van der Waals surface area contributed by atoms with E-state index in [1.165, 1.54) is 31.4 Å². The number of benzene rings is 1. The fraction of sp³-hybridized carbons (Fsp3) is 0.333. The largest absolute Gasteiger partial charge is 0.471 e. The summed E-state index contributed by atoms with van der Waals surface area (Å²) < 4.78 is 41.6. The molecule has 2 rings (SSSR count). The fourth-order valence-corrected chi connectivity index (χ4v) is 1.83. The lowest BCUT2D eigenvalue weighted by Crippen LogP contribution is -2.37. The monoisotopic (exact) mass is 356 g/mol. The summed E-state index contributed by atoms with van der Waals surface area (Å²) in [5.41, 5.74) is 1.19. The normalized spacial score (nSPS) is 13.4. The molecule has 1 amide bonds. The van der Waals surface area contributed by atoms with Crippen molar-refractivity contribution >= 4 is 11.6 Å². The second kappa shape index (κ2) is 7.32. The van der Waals surface area contributed by atoms with Gasteiger partial charge in [0, 0.05) is 11.1 Å². The zero-order chi connectivity index (χ0) is 18.6. The lowest BCUT2D eigenvalue weighted by atomic mass is 10.1. The summed E-state index contributed by atoms with van der Waals surface area (Å²) in [7, 11) is 1.40. The van der Waals surface area contributed by atoms with Crippen molar-refractivity contribution in [3.05, 3.63) is 35.7 Å². The standard InChI is InChI=1S/C15H15F3N4O3/c1-8(9(2)21-24-3)19-13(23)11-6-4-10(5-7-11)12-20-14(25-22-12)15(16,17)18/h4-8H,1-3H3,(H,19,23)/b21-9+. The minimum absolute atomic E-state index is 0.212. The van der Waals surface area contributed by atoms with Crippen LogP contribution in [0.3, 0.4) is 0 Å². The Bertz CT molecular complexity index is 769. The second-order valence-corrected chi connectivity index (χ2v) is 5.11. The number of amides is 1. The summed E-state index contributed by atoms with van der Waals surface area (Å²) in [4.78, 5) is 20.1. The van der Waals surface area contributed by atoms with E-state index < -0.39 is 12.1 Å². The van der Waals surface area contributed by atoms with E-state index in [0.717, 1.165) is 0 Å². The van der Waals surface area contributed by atoms with Crippen molar-refractivity contribution in [2.45, 2.75) is 26.1 Å². The van der Waals surface area contributed by atoms with Crippen LogP contribution in [0.5, 0.6) is 0 Å². The smallest absolute Gasteiger partial charge is 0.399 e. The van der Waals surface area contributed by atoms with Crippen LogP contribution in [0, 0.1) is 0 Å². The van der Waals surface area contributed by atoms with Crippen LogP contribution in [0.4, 0.5) is 13.2 Å². The molecule has 1 heterocycles. The summed E-state index contributed by atoms with van der Waals surface area (Å²) in [5, 5.41) is 9.73. The number of aromatic nitrogens is 2. The van der Waals surface area contributed by atoms with E-state index in [9.17, 15) is 18.0 Å². The number of oxime groups is 1. The summed E-state index contributed by atoms with van der Waals surface area (Å²) >= 11 is 0. The molecule has 25 heavy (non-hydrogen) atoms. The third-order valence-electron chi connectivity index (χ3n) is 3.28. The molecule has 7 nitrogen and oxygen atoms in total. The highest BCUT2D eigenvalue weighted by molar-refractivity contribution is 5.98. The van der Waals surface area contributed by atoms with Gasteiger partial charge >= 0.3 is 12.1 Å². The molecule has 0 fully saturated rings. The summed E-state index contributed by atoms with van der Waals surface area (Å²) in [6.45, 7) is 3.44. The molecule has 0 saturated heterocycles. The Kier molecular flexibility index (Phi) is 5.40. The van der Waals surface area contributed by atoms with Gasteiger partial charge in [-0.1, -0.05) is 22.4 Å². The highest BCUT2D eigenvalue weighted by Gasteiger charge is 2.38. The molecule has 10 heteroatoms. The van der Waals surface area contributed by atoms with Crippen LogP contribution in [-0.4, -0.2) is 34.9 Å². The minimum atomic E-state index is -4.71. The molecule has 0 aliphatic rings. The number of hydrogen-bond donors (Lipinski definition) is 1. The first-order chi connectivity index (χ1) is 11.7. The SMILES string of the molecule is CO/N=C(\C)C(C)NC(=O)c1ccc(-c2noc(C(F)(F)F)n2)cc1. The van der Waals surface area contributed by atoms with Crippen LogP contribution in [0.15, 0.2) is 33.9 Å². The van der Waals surface area contributed by atoms with E-state index in [-0.39, 0.29) is 17.8 Å². The van der Waals surface area contributed by atoms with Crippen molar-refractivity contribution in [3.63, 3.8) is 0 Å². The molecule has 2 aromatic rings. The average molecular weight is 356 g/mol. The van der Waals surface area contributed by atoms with Gasteiger partial charge in [-0.15, -0.1) is 0 Å². The zero-order valence-corrected chi connectivity index (χ0v) is 13.6. The Morgan fingerprint density at radius 2 is 1.96 bits per heavy atom. The van der Waals surface area contributed by atoms with Gasteiger partial charge in [0.05, 0.1) is 11.8 Å². The third kappa shape index (κ3) is 4.55. The van der Waals surface area contributed by atoms with Crippen molar-refractivity contribution < 1.29 is 27.3 Å². The Labute approximate surface area is 140 Å². The number of carbonyl (C=O) groups excluding carboxylic acids is 1. The molecular weight excluding hydrogens is 341 g/mol. The number of rotatable bonds is 5. The Morgan fingerprint density at radius 3 is 2.48 bits per heavy atom. The first-order valence-electron chi connectivity index (χ1n) is 7.12. The van der Waals surface area contributed by atoms with Gasteiger partial charge < -0.3 is 14.7 Å². The van der Waals surface area contributed by atoms with Gasteiger partial charge in [0.25, 0.3) is 5.91 Å². The Hall–Kier alpha value is -2.91. The molecule has 1 aromatic heterocycles. The number of carbonyl (C=O) groups is 1. The number of hydrogen-bond acceptors (Lipinski definition) is 6. The molecule has 0 aliphatic heterocycles. The van der Waals surface area contributed by atoms with E-state index in [0.29, 0.717) is 16.8 Å². The van der Waals surface area contributed by atoms with Crippen LogP contribution in [0.2, 0.25) is 0 Å². The highest BCUT2D eigenvalue weighted by Crippen LogP contribution is 2.29. The van der Waals surface area contributed by atoms with Crippen LogP contribution < -0.4 is 5.32 Å². The van der Waals surface area contributed by atoms with E-state index in [1.54, 1.807) is 13.8 Å². The molecule has 0 saturated carbocycles. The van der Waals surface area contributed by atoms with Gasteiger partial charge in [0.15, 0.2) is 0 Å². The molecule has 1 aromatic carbocycles. The maximum absolute atomic E-state index is 12.5. The maximum Gasteiger partial charge on any atom is 0.471 e. The number of nitrogens with zero attached hydrogens (tertiary/aromatic N) is 3. The van der Waals surface area contributed by atoms with Gasteiger partial charge in [0.2, 0.25) is 5.82 Å². The van der Waals surface area contributed by atoms with Crippen molar-refractivity contribution in [3.8, 4) is 11.4 Å². The topological polar surface area (TPSA) is 89.6 Å². The van der Waals surface area contributed by atoms with Gasteiger partial charge in [-0.2, -0.15) is 18.2 Å². The van der Waals surface area contributed by atoms with Crippen LogP contribution in [-0.2, 0) is 11.0 Å². The first kappa shape index (κ1) is 18.4.